The fourth-order valence-electron chi connectivity index (χ4n) is 3.82. The van der Waals surface area contributed by atoms with E-state index in [0.29, 0.717) is 6.54 Å². The molecule has 0 saturated heterocycles. The number of benzene rings is 3. The standard InChI is InChI=1S/C28H30BrCl2N3O4S/c1-3-4-16-32-28(36)20(2)33(18-21-10-12-22(29)13-11-21)27(35)19-34(26-17-23(30)14-15-25(26)31)39(37,38)24-8-6-5-7-9-24/h5-15,17,20H,3-4,16,18-19H2,1-2H3,(H,32,36)/t20-/m1/s1. The third kappa shape index (κ3) is 8.20. The molecule has 0 fully saturated rings. The Kier molecular flexibility index (Phi) is 11.2. The number of rotatable bonds is 12. The monoisotopic (exact) mass is 653 g/mol. The number of unbranched alkanes of at least 4 members (excludes halogenated alkanes) is 1. The molecule has 0 unspecified atom stereocenters. The van der Waals surface area contributed by atoms with E-state index in [0.717, 1.165) is 27.2 Å². The van der Waals surface area contributed by atoms with Crippen molar-refractivity contribution in [2.24, 2.45) is 0 Å². The molecule has 0 aliphatic carbocycles. The molecule has 0 heterocycles. The van der Waals surface area contributed by atoms with Crippen molar-refractivity contribution in [3.05, 3.63) is 92.9 Å². The van der Waals surface area contributed by atoms with Crippen molar-refractivity contribution in [3.8, 4) is 0 Å². The average molecular weight is 655 g/mol. The van der Waals surface area contributed by atoms with Gasteiger partial charge in [-0.15, -0.1) is 0 Å². The lowest BCUT2D eigenvalue weighted by Gasteiger charge is -2.32. The van der Waals surface area contributed by atoms with Crippen molar-refractivity contribution >= 4 is 66.7 Å². The van der Waals surface area contributed by atoms with Gasteiger partial charge in [-0.3, -0.25) is 13.9 Å². The summed E-state index contributed by atoms with van der Waals surface area (Å²) >= 11 is 16.0. The lowest BCUT2D eigenvalue weighted by molar-refractivity contribution is -0.139. The minimum absolute atomic E-state index is 0.0151. The highest BCUT2D eigenvalue weighted by molar-refractivity contribution is 9.10. The number of amides is 2. The molecule has 11 heteroatoms. The van der Waals surface area contributed by atoms with Crippen molar-refractivity contribution in [2.75, 3.05) is 17.4 Å². The van der Waals surface area contributed by atoms with Gasteiger partial charge in [-0.1, -0.05) is 82.8 Å². The molecule has 0 aromatic heterocycles. The number of hydrogen-bond acceptors (Lipinski definition) is 4. The number of hydrogen-bond donors (Lipinski definition) is 1. The van der Waals surface area contributed by atoms with E-state index in [1.807, 2.05) is 31.2 Å². The Morgan fingerprint density at radius 1 is 1.00 bits per heavy atom. The van der Waals surface area contributed by atoms with Crippen molar-refractivity contribution < 1.29 is 18.0 Å². The van der Waals surface area contributed by atoms with Gasteiger partial charge in [0, 0.05) is 22.6 Å². The fraction of sp³-hybridized carbons (Fsp3) is 0.286. The summed E-state index contributed by atoms with van der Waals surface area (Å²) in [6.45, 7) is 3.62. The molecule has 0 radical (unpaired) electrons. The summed E-state index contributed by atoms with van der Waals surface area (Å²) in [4.78, 5) is 28.3. The largest absolute Gasteiger partial charge is 0.354 e. The second kappa shape index (κ2) is 14.2. The van der Waals surface area contributed by atoms with Gasteiger partial charge in [-0.25, -0.2) is 8.42 Å². The molecule has 0 saturated carbocycles. The number of anilines is 1. The van der Waals surface area contributed by atoms with E-state index < -0.39 is 28.5 Å². The number of halogens is 3. The van der Waals surface area contributed by atoms with Gasteiger partial charge in [-0.2, -0.15) is 0 Å². The molecule has 3 aromatic rings. The van der Waals surface area contributed by atoms with Gasteiger partial charge in [0.05, 0.1) is 15.6 Å². The van der Waals surface area contributed by atoms with Gasteiger partial charge in [0.15, 0.2) is 0 Å². The predicted molar refractivity (Wildman–Crippen MR) is 160 cm³/mol. The Morgan fingerprint density at radius 2 is 1.67 bits per heavy atom. The number of nitrogens with one attached hydrogen (secondary N) is 1. The SMILES string of the molecule is CCCCNC(=O)[C@@H](C)N(Cc1ccc(Br)cc1)C(=O)CN(c1cc(Cl)ccc1Cl)S(=O)(=O)c1ccccc1. The zero-order valence-corrected chi connectivity index (χ0v) is 25.5. The zero-order chi connectivity index (χ0) is 28.6. The molecule has 0 bridgehead atoms. The Bertz CT molecular complexity index is 1390. The van der Waals surface area contributed by atoms with Gasteiger partial charge < -0.3 is 10.2 Å². The molecular weight excluding hydrogens is 625 g/mol. The molecule has 3 rings (SSSR count). The minimum atomic E-state index is -4.23. The predicted octanol–water partition coefficient (Wildman–Crippen LogP) is 6.28. The van der Waals surface area contributed by atoms with E-state index >= 15 is 0 Å². The van der Waals surface area contributed by atoms with Gasteiger partial charge >= 0.3 is 0 Å². The summed E-state index contributed by atoms with van der Waals surface area (Å²) in [5.74, 6) is -0.904. The highest BCUT2D eigenvalue weighted by Crippen LogP contribution is 2.33. The topological polar surface area (TPSA) is 86.8 Å². The van der Waals surface area contributed by atoms with Crippen LogP contribution in [-0.4, -0.2) is 44.3 Å². The first kappa shape index (κ1) is 30.9. The van der Waals surface area contributed by atoms with Crippen molar-refractivity contribution in [3.63, 3.8) is 0 Å². The van der Waals surface area contributed by atoms with E-state index in [-0.39, 0.29) is 33.1 Å². The second-order valence-electron chi connectivity index (χ2n) is 8.89. The third-order valence-electron chi connectivity index (χ3n) is 6.05. The highest BCUT2D eigenvalue weighted by Gasteiger charge is 2.33. The Labute approximate surface area is 248 Å². The summed E-state index contributed by atoms with van der Waals surface area (Å²) in [6.07, 6.45) is 1.71. The van der Waals surface area contributed by atoms with Crippen LogP contribution in [0.2, 0.25) is 10.0 Å². The van der Waals surface area contributed by atoms with Crippen molar-refractivity contribution in [1.82, 2.24) is 10.2 Å². The Balaban J connectivity index is 2.02. The van der Waals surface area contributed by atoms with E-state index in [9.17, 15) is 18.0 Å². The van der Waals surface area contributed by atoms with Gasteiger partial charge in [0.2, 0.25) is 11.8 Å². The highest BCUT2D eigenvalue weighted by atomic mass is 79.9. The van der Waals surface area contributed by atoms with Crippen LogP contribution in [0.5, 0.6) is 0 Å². The molecule has 7 nitrogen and oxygen atoms in total. The molecule has 1 N–H and O–H groups in total. The molecule has 3 aromatic carbocycles. The van der Waals surface area contributed by atoms with Crippen LogP contribution >= 0.6 is 39.1 Å². The fourth-order valence-corrected chi connectivity index (χ4v) is 5.96. The average Bonchev–Trinajstić information content (AvgIpc) is 2.92. The molecule has 0 aliphatic heterocycles. The first-order valence-corrected chi connectivity index (χ1v) is 15.4. The first-order chi connectivity index (χ1) is 18.5. The minimum Gasteiger partial charge on any atom is -0.354 e. The third-order valence-corrected chi connectivity index (χ3v) is 8.91. The molecular formula is C28H30BrCl2N3O4S. The maximum atomic E-state index is 13.9. The molecule has 39 heavy (non-hydrogen) atoms. The van der Waals surface area contributed by atoms with Crippen molar-refractivity contribution in [2.45, 2.75) is 44.2 Å². The molecule has 1 atom stereocenters. The lowest BCUT2D eigenvalue weighted by Crippen LogP contribution is -2.51. The van der Waals surface area contributed by atoms with Crippen LogP contribution in [0.3, 0.4) is 0 Å². The van der Waals surface area contributed by atoms with Crippen LogP contribution in [0.1, 0.15) is 32.3 Å². The van der Waals surface area contributed by atoms with Crippen LogP contribution in [0, 0.1) is 0 Å². The van der Waals surface area contributed by atoms with Crippen LogP contribution in [0.25, 0.3) is 0 Å². The van der Waals surface area contributed by atoms with Crippen LogP contribution in [0.4, 0.5) is 5.69 Å². The summed E-state index contributed by atoms with van der Waals surface area (Å²) in [7, 11) is -4.23. The zero-order valence-electron chi connectivity index (χ0n) is 21.6. The van der Waals surface area contributed by atoms with E-state index in [1.54, 1.807) is 25.1 Å². The molecule has 0 spiro atoms. The normalized spacial score (nSPS) is 12.0. The van der Waals surface area contributed by atoms with E-state index in [4.69, 9.17) is 23.2 Å². The maximum absolute atomic E-state index is 13.9. The van der Waals surface area contributed by atoms with Crippen molar-refractivity contribution in [1.29, 1.82) is 0 Å². The number of sulfonamides is 1. The first-order valence-electron chi connectivity index (χ1n) is 12.4. The lowest BCUT2D eigenvalue weighted by atomic mass is 10.1. The molecule has 0 aliphatic rings. The Morgan fingerprint density at radius 3 is 2.31 bits per heavy atom. The number of carbonyl (C=O) groups excluding carboxylic acids is 2. The van der Waals surface area contributed by atoms with E-state index in [2.05, 4.69) is 21.2 Å². The van der Waals surface area contributed by atoms with Crippen LogP contribution in [0.15, 0.2) is 82.2 Å². The quantitative estimate of drug-likeness (QED) is 0.233. The van der Waals surface area contributed by atoms with Crippen LogP contribution in [-0.2, 0) is 26.2 Å². The maximum Gasteiger partial charge on any atom is 0.264 e. The molecule has 208 valence electrons. The summed E-state index contributed by atoms with van der Waals surface area (Å²) in [5, 5.41) is 3.22. The number of nitrogens with zero attached hydrogens (tertiary/aromatic N) is 2. The van der Waals surface area contributed by atoms with Gasteiger partial charge in [0.25, 0.3) is 10.0 Å². The van der Waals surface area contributed by atoms with Gasteiger partial charge in [-0.05, 0) is 61.4 Å². The summed E-state index contributed by atoms with van der Waals surface area (Å²) < 4.78 is 29.4. The van der Waals surface area contributed by atoms with E-state index in [1.165, 1.54) is 35.2 Å². The smallest absolute Gasteiger partial charge is 0.264 e. The summed E-state index contributed by atoms with van der Waals surface area (Å²) in [6, 6.07) is 18.6. The Hall–Kier alpha value is -2.59. The second-order valence-corrected chi connectivity index (χ2v) is 12.5. The van der Waals surface area contributed by atoms with Gasteiger partial charge in [0.1, 0.15) is 12.6 Å². The summed E-state index contributed by atoms with van der Waals surface area (Å²) in [5.41, 5.74) is 0.836. The van der Waals surface area contributed by atoms with Crippen LogP contribution < -0.4 is 9.62 Å². The number of carbonyl (C=O) groups is 2. The molecule has 2 amide bonds.